The molecule has 1 aromatic rings. The molecule has 1 aromatic carbocycles. The Labute approximate surface area is 132 Å². The summed E-state index contributed by atoms with van der Waals surface area (Å²) in [6.45, 7) is 1.56. The summed E-state index contributed by atoms with van der Waals surface area (Å²) in [6, 6.07) is 5.00. The van der Waals surface area contributed by atoms with Crippen LogP contribution >= 0.6 is 0 Å². The summed E-state index contributed by atoms with van der Waals surface area (Å²) < 4.78 is 12.9. The quantitative estimate of drug-likeness (QED) is 0.856. The monoisotopic (exact) mass is 323 g/mol. The maximum atomic E-state index is 12.9. The Morgan fingerprint density at radius 3 is 2.17 bits per heavy atom. The summed E-state index contributed by atoms with van der Waals surface area (Å²) in [5, 5.41) is 11.1. The number of nitrogens with zero attached hydrogens (tertiary/aromatic N) is 2. The van der Waals surface area contributed by atoms with Crippen molar-refractivity contribution in [2.75, 3.05) is 32.7 Å². The number of carbonyl (C=O) groups excluding carboxylic acids is 2. The van der Waals surface area contributed by atoms with Gasteiger partial charge >= 0.3 is 12.0 Å². The van der Waals surface area contributed by atoms with Gasteiger partial charge in [-0.25, -0.2) is 9.18 Å². The van der Waals surface area contributed by atoms with Crippen molar-refractivity contribution in [1.82, 2.24) is 15.1 Å². The Kier molecular flexibility index (Phi) is 5.51. The highest BCUT2D eigenvalue weighted by Gasteiger charge is 2.24. The van der Waals surface area contributed by atoms with Gasteiger partial charge in [0.05, 0.1) is 6.42 Å². The molecular formula is C15H18FN3O4. The van der Waals surface area contributed by atoms with Crippen LogP contribution in [0, 0.1) is 5.82 Å². The van der Waals surface area contributed by atoms with Crippen molar-refractivity contribution < 1.29 is 23.9 Å². The Morgan fingerprint density at radius 1 is 1.04 bits per heavy atom. The summed E-state index contributed by atoms with van der Waals surface area (Å²) in [6.07, 6.45) is -0.130. The first-order valence-electron chi connectivity index (χ1n) is 7.27. The number of rotatable bonds is 4. The first-order chi connectivity index (χ1) is 11.0. The largest absolute Gasteiger partial charge is 0.481 e. The van der Waals surface area contributed by atoms with E-state index in [-0.39, 0.29) is 24.9 Å². The van der Waals surface area contributed by atoms with Crippen LogP contribution in [-0.4, -0.2) is 65.5 Å². The molecular weight excluding hydrogens is 305 g/mol. The van der Waals surface area contributed by atoms with Gasteiger partial charge in [-0.05, 0) is 24.3 Å². The Morgan fingerprint density at radius 2 is 1.61 bits per heavy atom. The number of hydrogen-bond donors (Lipinski definition) is 2. The lowest BCUT2D eigenvalue weighted by Crippen LogP contribution is -2.53. The number of halogens is 1. The lowest BCUT2D eigenvalue weighted by atomic mass is 10.2. The van der Waals surface area contributed by atoms with Gasteiger partial charge in [0.2, 0.25) is 0 Å². The minimum atomic E-state index is -0.972. The van der Waals surface area contributed by atoms with Gasteiger partial charge in [0.1, 0.15) is 5.82 Å². The summed E-state index contributed by atoms with van der Waals surface area (Å²) >= 11 is 0. The first-order valence-corrected chi connectivity index (χ1v) is 7.27. The van der Waals surface area contributed by atoms with Crippen LogP contribution in [0.15, 0.2) is 24.3 Å². The molecule has 1 fully saturated rings. The molecule has 1 aliphatic rings. The van der Waals surface area contributed by atoms with Gasteiger partial charge in [-0.1, -0.05) is 0 Å². The highest BCUT2D eigenvalue weighted by molar-refractivity contribution is 5.94. The number of benzene rings is 1. The zero-order valence-electron chi connectivity index (χ0n) is 12.5. The highest BCUT2D eigenvalue weighted by atomic mass is 19.1. The molecule has 0 bridgehead atoms. The third kappa shape index (κ3) is 4.67. The van der Waals surface area contributed by atoms with Crippen LogP contribution in [0.2, 0.25) is 0 Å². The second kappa shape index (κ2) is 7.57. The highest BCUT2D eigenvalue weighted by Crippen LogP contribution is 2.10. The topological polar surface area (TPSA) is 89.9 Å². The Bertz CT molecular complexity index is 583. The maximum Gasteiger partial charge on any atom is 0.317 e. The van der Waals surface area contributed by atoms with Gasteiger partial charge in [-0.3, -0.25) is 9.59 Å². The van der Waals surface area contributed by atoms with Crippen molar-refractivity contribution in [3.63, 3.8) is 0 Å². The zero-order valence-corrected chi connectivity index (χ0v) is 12.5. The zero-order chi connectivity index (χ0) is 16.8. The van der Waals surface area contributed by atoms with E-state index in [4.69, 9.17) is 5.11 Å². The number of urea groups is 1. The van der Waals surface area contributed by atoms with E-state index in [0.717, 1.165) is 0 Å². The van der Waals surface area contributed by atoms with Gasteiger partial charge in [0.15, 0.2) is 0 Å². The van der Waals surface area contributed by atoms with Crippen LogP contribution in [0.25, 0.3) is 0 Å². The molecule has 0 radical (unpaired) electrons. The van der Waals surface area contributed by atoms with E-state index < -0.39 is 11.8 Å². The molecule has 0 aromatic heterocycles. The van der Waals surface area contributed by atoms with Gasteiger partial charge in [0, 0.05) is 38.3 Å². The Balaban J connectivity index is 1.81. The Hall–Kier alpha value is -2.64. The molecule has 0 aliphatic carbocycles. The van der Waals surface area contributed by atoms with E-state index >= 15 is 0 Å². The minimum Gasteiger partial charge on any atom is -0.481 e. The van der Waals surface area contributed by atoms with Gasteiger partial charge in [-0.15, -0.1) is 0 Å². The lowest BCUT2D eigenvalue weighted by Gasteiger charge is -2.34. The van der Waals surface area contributed by atoms with Crippen molar-refractivity contribution in [3.05, 3.63) is 35.6 Å². The summed E-state index contributed by atoms with van der Waals surface area (Å²) in [4.78, 5) is 37.6. The molecule has 7 nitrogen and oxygen atoms in total. The average molecular weight is 323 g/mol. The fourth-order valence-corrected chi connectivity index (χ4v) is 2.28. The molecule has 2 N–H and O–H groups in total. The van der Waals surface area contributed by atoms with Crippen LogP contribution in [-0.2, 0) is 4.79 Å². The summed E-state index contributed by atoms with van der Waals surface area (Å²) in [5.41, 5.74) is 0.408. The van der Waals surface area contributed by atoms with E-state index in [2.05, 4.69) is 5.32 Å². The van der Waals surface area contributed by atoms with Crippen molar-refractivity contribution in [2.45, 2.75) is 6.42 Å². The van der Waals surface area contributed by atoms with Crippen LogP contribution in [0.1, 0.15) is 16.8 Å². The predicted octanol–water partition coefficient (Wildman–Crippen LogP) is 0.768. The number of carbonyl (C=O) groups is 3. The molecule has 8 heteroatoms. The van der Waals surface area contributed by atoms with Crippen molar-refractivity contribution in [1.29, 1.82) is 0 Å². The normalized spacial score (nSPS) is 14.5. The molecule has 1 heterocycles. The second-order valence-electron chi connectivity index (χ2n) is 5.16. The SMILES string of the molecule is O=C(O)CCNC(=O)N1CCN(C(=O)c2ccc(F)cc2)CC1. The van der Waals surface area contributed by atoms with Crippen LogP contribution in [0.4, 0.5) is 9.18 Å². The van der Waals surface area contributed by atoms with Crippen LogP contribution in [0.3, 0.4) is 0 Å². The lowest BCUT2D eigenvalue weighted by molar-refractivity contribution is -0.136. The van der Waals surface area contributed by atoms with Crippen LogP contribution < -0.4 is 5.32 Å². The van der Waals surface area contributed by atoms with Crippen LogP contribution in [0.5, 0.6) is 0 Å². The third-order valence-electron chi connectivity index (χ3n) is 3.56. The summed E-state index contributed by atoms with van der Waals surface area (Å²) in [5.74, 6) is -1.57. The van der Waals surface area contributed by atoms with Gasteiger partial charge < -0.3 is 20.2 Å². The van der Waals surface area contributed by atoms with Crippen molar-refractivity contribution >= 4 is 17.9 Å². The molecule has 0 saturated carbocycles. The molecule has 23 heavy (non-hydrogen) atoms. The number of carboxylic acid groups (broad SMARTS) is 1. The predicted molar refractivity (Wildman–Crippen MR) is 79.5 cm³/mol. The van der Waals surface area contributed by atoms with Gasteiger partial charge in [-0.2, -0.15) is 0 Å². The number of amides is 3. The van der Waals surface area contributed by atoms with E-state index in [0.29, 0.717) is 31.7 Å². The standard InChI is InChI=1S/C15H18FN3O4/c16-12-3-1-11(2-4-12)14(22)18-7-9-19(10-8-18)15(23)17-6-5-13(20)21/h1-4H,5-10H2,(H,17,23)(H,20,21). The fourth-order valence-electron chi connectivity index (χ4n) is 2.28. The average Bonchev–Trinajstić information content (AvgIpc) is 2.54. The first kappa shape index (κ1) is 16.7. The smallest absolute Gasteiger partial charge is 0.317 e. The number of hydrogen-bond acceptors (Lipinski definition) is 3. The summed E-state index contributed by atoms with van der Waals surface area (Å²) in [7, 11) is 0. The third-order valence-corrected chi connectivity index (χ3v) is 3.56. The molecule has 2 rings (SSSR count). The number of aliphatic carboxylic acids is 1. The number of nitrogens with one attached hydrogen (secondary N) is 1. The molecule has 0 unspecified atom stereocenters. The maximum absolute atomic E-state index is 12.9. The molecule has 1 saturated heterocycles. The van der Waals surface area contributed by atoms with E-state index in [1.807, 2.05) is 0 Å². The molecule has 3 amide bonds. The number of carboxylic acids is 1. The van der Waals surface area contributed by atoms with E-state index in [1.165, 1.54) is 29.2 Å². The minimum absolute atomic E-state index is 0.0723. The van der Waals surface area contributed by atoms with Crippen molar-refractivity contribution in [3.8, 4) is 0 Å². The number of piperazine rings is 1. The van der Waals surface area contributed by atoms with E-state index in [9.17, 15) is 18.8 Å². The molecule has 1 aliphatic heterocycles. The second-order valence-corrected chi connectivity index (χ2v) is 5.16. The fraction of sp³-hybridized carbons (Fsp3) is 0.400. The molecule has 0 atom stereocenters. The van der Waals surface area contributed by atoms with Gasteiger partial charge in [0.25, 0.3) is 5.91 Å². The molecule has 0 spiro atoms. The van der Waals surface area contributed by atoms with E-state index in [1.54, 1.807) is 4.90 Å². The van der Waals surface area contributed by atoms with Crippen molar-refractivity contribution in [2.24, 2.45) is 0 Å². The molecule has 124 valence electrons.